The van der Waals surface area contributed by atoms with E-state index in [2.05, 4.69) is 15.5 Å². The van der Waals surface area contributed by atoms with Crippen LogP contribution in [0.2, 0.25) is 0 Å². The molecule has 6 rings (SSSR count). The molecule has 1 aromatic heterocycles. The first-order chi connectivity index (χ1) is 29.4. The number of Topliss-reactive ketones (excluding diaryl/α,β-unsaturated/α-hetero) is 1. The van der Waals surface area contributed by atoms with Crippen LogP contribution >= 0.6 is 0 Å². The number of oxime groups is 1. The first-order valence-electron chi connectivity index (χ1n) is 22.0. The van der Waals surface area contributed by atoms with Crippen LogP contribution in [0.1, 0.15) is 86.6 Å². The zero-order valence-corrected chi connectivity index (χ0v) is 37.8. The number of aliphatic hydroxyl groups is 1. The molecule has 14 atom stereocenters. The third kappa shape index (κ3) is 10.2. The van der Waals surface area contributed by atoms with E-state index in [9.17, 15) is 24.3 Å². The minimum Gasteiger partial charge on any atom is -0.458 e. The zero-order valence-electron chi connectivity index (χ0n) is 37.8. The van der Waals surface area contributed by atoms with Crippen LogP contribution in [0.25, 0.3) is 10.9 Å². The van der Waals surface area contributed by atoms with Gasteiger partial charge in [-0.1, -0.05) is 51.0 Å². The fraction of sp³-hybridized carbons (Fsp3) is 0.696. The van der Waals surface area contributed by atoms with E-state index in [0.717, 1.165) is 16.5 Å². The minimum atomic E-state index is -1.30. The van der Waals surface area contributed by atoms with E-state index in [4.69, 9.17) is 33.3 Å². The summed E-state index contributed by atoms with van der Waals surface area (Å²) < 4.78 is 38.8. The van der Waals surface area contributed by atoms with Gasteiger partial charge in [0.1, 0.15) is 29.3 Å². The molecule has 16 heteroatoms. The summed E-state index contributed by atoms with van der Waals surface area (Å²) in [6.07, 6.45) is -2.34. The smallest absolute Gasteiger partial charge is 0.311 e. The number of aromatic nitrogens is 1. The van der Waals surface area contributed by atoms with Gasteiger partial charge >= 0.3 is 11.9 Å². The van der Waals surface area contributed by atoms with Crippen molar-refractivity contribution in [2.24, 2.45) is 34.7 Å². The SMILES string of the molecule is CC[C@H]1OC(=O)[C@H](C)[C@H]2OC/C(=N/OCC(=O)NCc3ccnc4ccccc34)CO[C@](C)(C[C@@H](C)C(=O)[C@H](C)[C@@H]3CC(=O)O[C@]13C)[C@H](O[C@@H]1O[C@H](C)C[C@H](N(C)C)[C@H]1O)[C@@H]2C. The van der Waals surface area contributed by atoms with E-state index < -0.39 is 96.0 Å². The number of hydrogen-bond donors (Lipinski definition) is 2. The highest BCUT2D eigenvalue weighted by Crippen LogP contribution is 2.46. The predicted molar refractivity (Wildman–Crippen MR) is 227 cm³/mol. The molecule has 4 fully saturated rings. The predicted octanol–water partition coefficient (Wildman–Crippen LogP) is 4.37. The van der Waals surface area contributed by atoms with Crippen LogP contribution in [0, 0.1) is 29.6 Å². The number of amides is 1. The second kappa shape index (κ2) is 19.8. The summed E-state index contributed by atoms with van der Waals surface area (Å²) in [6, 6.07) is 9.24. The van der Waals surface area contributed by atoms with Gasteiger partial charge in [-0.25, -0.2) is 0 Å². The Kier molecular flexibility index (Phi) is 15.1. The molecule has 1 aromatic carbocycles. The number of rotatable bonds is 9. The number of cyclic esters (lactones) is 1. The Morgan fingerprint density at radius 2 is 1.79 bits per heavy atom. The number of fused-ring (bicyclic) bond motifs is 5. The maximum absolute atomic E-state index is 14.6. The van der Waals surface area contributed by atoms with Crippen molar-refractivity contribution >= 4 is 40.2 Å². The van der Waals surface area contributed by atoms with E-state index >= 15 is 0 Å². The van der Waals surface area contributed by atoms with Gasteiger partial charge in [0.25, 0.3) is 5.91 Å². The second-order valence-corrected chi connectivity index (χ2v) is 18.4. The Morgan fingerprint density at radius 1 is 1.05 bits per heavy atom. The number of likely N-dealkylation sites (N-methyl/N-ethyl adjacent to an activating group) is 1. The number of nitrogens with zero attached hydrogens (tertiary/aromatic N) is 3. The lowest BCUT2D eigenvalue weighted by Crippen LogP contribution is -2.60. The van der Waals surface area contributed by atoms with Crippen LogP contribution in [-0.2, 0) is 59.0 Å². The Bertz CT molecular complexity index is 1960. The normalized spacial score (nSPS) is 38.1. The van der Waals surface area contributed by atoms with Gasteiger partial charge in [-0.2, -0.15) is 0 Å². The van der Waals surface area contributed by atoms with E-state index in [1.807, 2.05) is 83.9 Å². The molecule has 4 aliphatic heterocycles. The molecule has 0 unspecified atom stereocenters. The molecule has 342 valence electrons. The third-order valence-corrected chi connectivity index (χ3v) is 13.6. The molecule has 1 amide bonds. The number of aliphatic hydroxyl groups excluding tert-OH is 1. The lowest BCUT2D eigenvalue weighted by Gasteiger charge is -2.48. The fourth-order valence-electron chi connectivity index (χ4n) is 10.1. The Balaban J connectivity index is 1.33. The number of hydrogen-bond acceptors (Lipinski definition) is 15. The average molecular weight is 867 g/mol. The molecular formula is C46H66N4O12. The van der Waals surface area contributed by atoms with Crippen molar-refractivity contribution in [3.8, 4) is 0 Å². The van der Waals surface area contributed by atoms with E-state index in [1.165, 1.54) is 0 Å². The van der Waals surface area contributed by atoms with Gasteiger partial charge in [0.2, 0.25) is 0 Å². The number of benzene rings is 1. The number of ketones is 1. The number of carbonyl (C=O) groups is 4. The van der Waals surface area contributed by atoms with Crippen molar-refractivity contribution < 1.29 is 57.5 Å². The van der Waals surface area contributed by atoms with E-state index in [-0.39, 0.29) is 56.2 Å². The van der Waals surface area contributed by atoms with Crippen LogP contribution in [0.5, 0.6) is 0 Å². The van der Waals surface area contributed by atoms with Gasteiger partial charge in [0.05, 0.1) is 55.0 Å². The van der Waals surface area contributed by atoms with Gasteiger partial charge in [0, 0.05) is 47.8 Å². The summed E-state index contributed by atoms with van der Waals surface area (Å²) in [6.45, 7) is 14.1. The topological polar surface area (TPSA) is 194 Å². The number of esters is 2. The van der Waals surface area contributed by atoms with Crippen molar-refractivity contribution in [1.29, 1.82) is 0 Å². The summed E-state index contributed by atoms with van der Waals surface area (Å²) in [4.78, 5) is 66.8. The molecule has 62 heavy (non-hydrogen) atoms. The molecule has 2 aromatic rings. The number of nitrogens with one attached hydrogen (secondary N) is 1. The second-order valence-electron chi connectivity index (χ2n) is 18.4. The van der Waals surface area contributed by atoms with E-state index in [0.29, 0.717) is 12.8 Å². The summed E-state index contributed by atoms with van der Waals surface area (Å²) in [5.74, 6) is -4.95. The highest BCUT2D eigenvalue weighted by atomic mass is 16.7. The lowest BCUT2D eigenvalue weighted by atomic mass is 9.70. The Labute approximate surface area is 364 Å². The first-order valence-corrected chi connectivity index (χ1v) is 22.0. The maximum atomic E-state index is 14.6. The van der Waals surface area contributed by atoms with Crippen LogP contribution in [0.3, 0.4) is 0 Å². The lowest BCUT2D eigenvalue weighted by molar-refractivity contribution is -0.302. The molecule has 0 saturated carbocycles. The molecule has 5 heterocycles. The van der Waals surface area contributed by atoms with Gasteiger partial charge < -0.3 is 48.6 Å². The largest absolute Gasteiger partial charge is 0.458 e. The van der Waals surface area contributed by atoms with Crippen molar-refractivity contribution in [3.63, 3.8) is 0 Å². The number of carbonyl (C=O) groups excluding carboxylic acids is 4. The molecule has 4 saturated heterocycles. The quantitative estimate of drug-likeness (QED) is 0.267. The molecule has 0 spiro atoms. The molecular weight excluding hydrogens is 801 g/mol. The fourth-order valence-corrected chi connectivity index (χ4v) is 10.1. The number of ether oxygens (including phenoxy) is 6. The maximum Gasteiger partial charge on any atom is 0.311 e. The highest BCUT2D eigenvalue weighted by Gasteiger charge is 2.57. The van der Waals surface area contributed by atoms with Crippen molar-refractivity contribution in [3.05, 3.63) is 42.1 Å². The van der Waals surface area contributed by atoms with Crippen molar-refractivity contribution in [1.82, 2.24) is 15.2 Å². The standard InChI is InChI=1S/C46H66N4O12/c1-11-36-46(8)33(19-38(52)62-46)27(4)39(53)25(2)20-45(7)42(61-44-40(54)35(50(9)10)18-26(3)59-44)28(5)41(29(6)43(55)60-36)56-22-31(23-57-45)49-58-24-37(51)48-21-30-16-17-47-34-15-13-12-14-32(30)34/h12-17,25-29,33,35-36,40-42,44,54H,11,18-24H2,1-10H3,(H,48,51)/b49-31-/t25-,26-,27-,28-,29-,33+,35+,36-,40-,41+,42-,44+,45-,46+/m1/s1. The van der Waals surface area contributed by atoms with Gasteiger partial charge in [-0.3, -0.25) is 24.2 Å². The van der Waals surface area contributed by atoms with Crippen LogP contribution < -0.4 is 5.32 Å². The zero-order chi connectivity index (χ0) is 45.1. The van der Waals surface area contributed by atoms with Crippen molar-refractivity contribution in [2.75, 3.05) is 33.9 Å². The molecule has 0 aliphatic carbocycles. The first kappa shape index (κ1) is 47.4. The van der Waals surface area contributed by atoms with Crippen LogP contribution in [0.15, 0.2) is 41.7 Å². The molecule has 16 nitrogen and oxygen atoms in total. The average Bonchev–Trinajstić information content (AvgIpc) is 3.57. The summed E-state index contributed by atoms with van der Waals surface area (Å²) in [7, 11) is 3.78. The summed E-state index contributed by atoms with van der Waals surface area (Å²) in [5, 5.41) is 19.8. The van der Waals surface area contributed by atoms with Gasteiger partial charge in [-0.15, -0.1) is 0 Å². The number of pyridine rings is 1. The molecule has 2 bridgehead atoms. The van der Waals surface area contributed by atoms with E-state index in [1.54, 1.807) is 27.0 Å². The summed E-state index contributed by atoms with van der Waals surface area (Å²) >= 11 is 0. The molecule has 4 aliphatic rings. The van der Waals surface area contributed by atoms with Crippen LogP contribution in [-0.4, -0.2) is 132 Å². The van der Waals surface area contributed by atoms with Gasteiger partial charge in [-0.05, 0) is 78.7 Å². The third-order valence-electron chi connectivity index (χ3n) is 13.6. The number of para-hydroxylation sites is 1. The molecule has 0 radical (unpaired) electrons. The Hall–Kier alpha value is -4.06. The highest BCUT2D eigenvalue weighted by molar-refractivity contribution is 5.87. The van der Waals surface area contributed by atoms with Crippen LogP contribution in [0.4, 0.5) is 0 Å². The van der Waals surface area contributed by atoms with Crippen molar-refractivity contribution in [2.45, 2.75) is 142 Å². The minimum absolute atomic E-state index is 0.00261. The molecule has 2 N–H and O–H groups in total. The monoisotopic (exact) mass is 866 g/mol. The summed E-state index contributed by atoms with van der Waals surface area (Å²) in [5.41, 5.74) is -0.537. The Morgan fingerprint density at radius 3 is 2.52 bits per heavy atom. The van der Waals surface area contributed by atoms with Gasteiger partial charge in [0.15, 0.2) is 12.9 Å².